The number of alkyl halides is 3. The van der Waals surface area contributed by atoms with Crippen molar-refractivity contribution in [3.05, 3.63) is 17.5 Å². The second kappa shape index (κ2) is 6.02. The number of carbonyl (C=O) groups excluding carboxylic acids is 1. The van der Waals surface area contributed by atoms with Crippen molar-refractivity contribution in [2.45, 2.75) is 18.8 Å². The van der Waals surface area contributed by atoms with E-state index in [1.165, 1.54) is 20.4 Å². The number of hydrogen-bond donors (Lipinski definition) is 2. The van der Waals surface area contributed by atoms with Crippen molar-refractivity contribution in [1.29, 1.82) is 0 Å². The number of halogens is 3. The molecule has 1 aromatic heterocycles. The minimum absolute atomic E-state index is 0.00893. The number of nitrogens with one attached hydrogen (secondary N) is 1. The molecule has 0 aliphatic heterocycles. The number of aryl methyl sites for hydroxylation is 1. The first kappa shape index (κ1) is 15.4. The van der Waals surface area contributed by atoms with Crippen LogP contribution in [0.4, 0.5) is 13.2 Å². The number of carbonyl (C=O) groups is 1. The van der Waals surface area contributed by atoms with E-state index in [-0.39, 0.29) is 18.7 Å². The van der Waals surface area contributed by atoms with Gasteiger partial charge in [-0.1, -0.05) is 0 Å². The maximum absolute atomic E-state index is 12.6. The molecule has 0 aromatic carbocycles. The van der Waals surface area contributed by atoms with Crippen molar-refractivity contribution >= 4 is 5.91 Å². The second-order valence-corrected chi connectivity index (χ2v) is 3.95. The van der Waals surface area contributed by atoms with Crippen LogP contribution < -0.4 is 11.1 Å². The molecule has 3 N–H and O–H groups in total. The maximum atomic E-state index is 12.6. The Morgan fingerprint density at radius 2 is 2.26 bits per heavy atom. The topological polar surface area (TPSA) is 82.2 Å². The van der Waals surface area contributed by atoms with E-state index in [2.05, 4.69) is 15.2 Å². The Hall–Kier alpha value is -1.61. The molecule has 108 valence electrons. The molecule has 1 unspecified atom stereocenters. The first-order valence-corrected chi connectivity index (χ1v) is 5.37. The van der Waals surface area contributed by atoms with Crippen LogP contribution in [0.2, 0.25) is 0 Å². The second-order valence-electron chi connectivity index (χ2n) is 3.95. The molecule has 1 rings (SSSR count). The molecular formula is C10H15F3N4O2. The summed E-state index contributed by atoms with van der Waals surface area (Å²) in [6, 6.07) is -0.920. The maximum Gasteiger partial charge on any atom is 0.435 e. The molecular weight excluding hydrogens is 265 g/mol. The minimum atomic E-state index is -4.56. The first-order chi connectivity index (χ1) is 8.75. The van der Waals surface area contributed by atoms with Crippen LogP contribution in [0.15, 0.2) is 6.20 Å². The zero-order chi connectivity index (χ0) is 14.6. The van der Waals surface area contributed by atoms with Crippen LogP contribution in [0.5, 0.6) is 0 Å². The van der Waals surface area contributed by atoms with E-state index in [0.717, 1.165) is 4.68 Å². The highest BCUT2D eigenvalue weighted by molar-refractivity contribution is 5.81. The average molecular weight is 280 g/mol. The summed E-state index contributed by atoms with van der Waals surface area (Å²) in [5.74, 6) is -0.584. The number of nitrogens with two attached hydrogens (primary N) is 1. The molecule has 0 radical (unpaired) electrons. The Morgan fingerprint density at radius 3 is 2.79 bits per heavy atom. The van der Waals surface area contributed by atoms with Crippen LogP contribution in [0.25, 0.3) is 0 Å². The zero-order valence-corrected chi connectivity index (χ0v) is 10.5. The third-order valence-electron chi connectivity index (χ3n) is 2.31. The molecule has 1 atom stereocenters. The smallest absolute Gasteiger partial charge is 0.383 e. The standard InChI is InChI=1S/C10H15F3N4O2/c1-17-4-6(8(16-17)10(11,12)13)3-15-9(18)7(14)5-19-2/h4,7H,3,5,14H2,1-2H3,(H,15,18). The third kappa shape index (κ3) is 4.21. The fourth-order valence-corrected chi connectivity index (χ4v) is 1.47. The summed E-state index contributed by atoms with van der Waals surface area (Å²) < 4.78 is 43.6. The fourth-order valence-electron chi connectivity index (χ4n) is 1.47. The van der Waals surface area contributed by atoms with Gasteiger partial charge in [-0.2, -0.15) is 18.3 Å². The van der Waals surface area contributed by atoms with Gasteiger partial charge in [-0.25, -0.2) is 0 Å². The Balaban J connectivity index is 2.71. The Bertz CT molecular complexity index is 444. The van der Waals surface area contributed by atoms with E-state index >= 15 is 0 Å². The highest BCUT2D eigenvalue weighted by Crippen LogP contribution is 2.30. The van der Waals surface area contributed by atoms with Gasteiger partial charge in [0.25, 0.3) is 0 Å². The summed E-state index contributed by atoms with van der Waals surface area (Å²) in [7, 11) is 2.74. The number of hydrogen-bond acceptors (Lipinski definition) is 4. The lowest BCUT2D eigenvalue weighted by atomic mass is 10.2. The van der Waals surface area contributed by atoms with Gasteiger partial charge in [0.15, 0.2) is 5.69 Å². The summed E-state index contributed by atoms with van der Waals surface area (Å²) in [5, 5.41) is 5.64. The molecule has 0 bridgehead atoms. The van der Waals surface area contributed by atoms with Crippen molar-refractivity contribution in [3.8, 4) is 0 Å². The lowest BCUT2D eigenvalue weighted by Gasteiger charge is -2.11. The lowest BCUT2D eigenvalue weighted by Crippen LogP contribution is -2.43. The van der Waals surface area contributed by atoms with Gasteiger partial charge in [0.1, 0.15) is 6.04 Å². The minimum Gasteiger partial charge on any atom is -0.383 e. The Morgan fingerprint density at radius 1 is 1.63 bits per heavy atom. The summed E-state index contributed by atoms with van der Waals surface area (Å²) in [6.07, 6.45) is -3.36. The highest BCUT2D eigenvalue weighted by Gasteiger charge is 2.36. The van der Waals surface area contributed by atoms with Crippen LogP contribution in [-0.2, 0) is 29.3 Å². The lowest BCUT2D eigenvalue weighted by molar-refractivity contribution is -0.142. The fraction of sp³-hybridized carbons (Fsp3) is 0.600. The van der Waals surface area contributed by atoms with Gasteiger partial charge in [-0.05, 0) is 0 Å². The number of methoxy groups -OCH3 is 1. The highest BCUT2D eigenvalue weighted by atomic mass is 19.4. The first-order valence-electron chi connectivity index (χ1n) is 5.37. The van der Waals surface area contributed by atoms with Crippen LogP contribution in [0.3, 0.4) is 0 Å². The summed E-state index contributed by atoms with van der Waals surface area (Å²) in [5.41, 5.74) is 4.31. The van der Waals surface area contributed by atoms with Crippen LogP contribution in [-0.4, -0.2) is 35.4 Å². The molecule has 6 nitrogen and oxygen atoms in total. The van der Waals surface area contributed by atoms with E-state index in [4.69, 9.17) is 5.73 Å². The van der Waals surface area contributed by atoms with Gasteiger partial charge in [-0.3, -0.25) is 9.48 Å². The van der Waals surface area contributed by atoms with Gasteiger partial charge in [0.2, 0.25) is 5.91 Å². The van der Waals surface area contributed by atoms with Crippen LogP contribution in [0, 0.1) is 0 Å². The van der Waals surface area contributed by atoms with Gasteiger partial charge in [0, 0.05) is 32.5 Å². The third-order valence-corrected chi connectivity index (χ3v) is 2.31. The SMILES string of the molecule is COCC(N)C(=O)NCc1cn(C)nc1C(F)(F)F. The average Bonchev–Trinajstić information content (AvgIpc) is 2.67. The molecule has 0 aliphatic rings. The van der Waals surface area contributed by atoms with Crippen molar-refractivity contribution < 1.29 is 22.7 Å². The summed E-state index contributed by atoms with van der Waals surface area (Å²) in [6.45, 7) is -0.302. The number of amides is 1. The zero-order valence-electron chi connectivity index (χ0n) is 10.5. The van der Waals surface area contributed by atoms with Crippen LogP contribution >= 0.6 is 0 Å². The molecule has 9 heteroatoms. The number of nitrogens with zero attached hydrogens (tertiary/aromatic N) is 2. The van der Waals surface area contributed by atoms with E-state index in [0.29, 0.717) is 0 Å². The van der Waals surface area contributed by atoms with Gasteiger partial charge < -0.3 is 15.8 Å². The summed E-state index contributed by atoms with van der Waals surface area (Å²) in [4.78, 5) is 11.4. The predicted octanol–water partition coefficient (Wildman–Crippen LogP) is 0.0288. The van der Waals surface area contributed by atoms with Gasteiger partial charge >= 0.3 is 6.18 Å². The normalized spacial score (nSPS) is 13.4. The van der Waals surface area contributed by atoms with Crippen molar-refractivity contribution in [3.63, 3.8) is 0 Å². The predicted molar refractivity (Wildman–Crippen MR) is 59.9 cm³/mol. The van der Waals surface area contributed by atoms with E-state index < -0.39 is 23.8 Å². The summed E-state index contributed by atoms with van der Waals surface area (Å²) >= 11 is 0. The van der Waals surface area contributed by atoms with Crippen molar-refractivity contribution in [2.24, 2.45) is 12.8 Å². The Kier molecular flexibility index (Phi) is 4.90. The van der Waals surface area contributed by atoms with Crippen LogP contribution in [0.1, 0.15) is 11.3 Å². The molecule has 1 heterocycles. The molecule has 1 amide bonds. The molecule has 1 aromatic rings. The van der Waals surface area contributed by atoms with E-state index in [9.17, 15) is 18.0 Å². The van der Waals surface area contributed by atoms with E-state index in [1.54, 1.807) is 0 Å². The van der Waals surface area contributed by atoms with E-state index in [1.807, 2.05) is 0 Å². The number of aromatic nitrogens is 2. The molecule has 0 saturated heterocycles. The molecule has 0 fully saturated rings. The molecule has 0 spiro atoms. The van der Waals surface area contributed by atoms with Gasteiger partial charge in [0.05, 0.1) is 6.61 Å². The number of ether oxygens (including phenoxy) is 1. The molecule has 0 saturated carbocycles. The number of rotatable bonds is 5. The van der Waals surface area contributed by atoms with Crippen molar-refractivity contribution in [1.82, 2.24) is 15.1 Å². The quantitative estimate of drug-likeness (QED) is 0.797. The Labute approximate surface area is 107 Å². The molecule has 19 heavy (non-hydrogen) atoms. The van der Waals surface area contributed by atoms with Crippen molar-refractivity contribution in [2.75, 3.05) is 13.7 Å². The molecule has 0 aliphatic carbocycles. The monoisotopic (exact) mass is 280 g/mol. The van der Waals surface area contributed by atoms with Gasteiger partial charge in [-0.15, -0.1) is 0 Å². The largest absolute Gasteiger partial charge is 0.435 e.